The van der Waals surface area contributed by atoms with Crippen LogP contribution in [0.4, 0.5) is 0 Å². The SMILES string of the molecule is CCC1=C[C@@H](N)[C@](C=O)(CC)C=C1. The van der Waals surface area contributed by atoms with E-state index in [0.29, 0.717) is 0 Å². The lowest BCUT2D eigenvalue weighted by Gasteiger charge is -2.31. The molecule has 0 unspecified atom stereocenters. The normalized spacial score (nSPS) is 32.8. The third kappa shape index (κ3) is 1.73. The van der Waals surface area contributed by atoms with Gasteiger partial charge in [-0.3, -0.25) is 0 Å². The molecule has 0 saturated heterocycles. The van der Waals surface area contributed by atoms with E-state index in [2.05, 4.69) is 6.92 Å². The number of hydrogen-bond acceptors (Lipinski definition) is 2. The summed E-state index contributed by atoms with van der Waals surface area (Å²) in [5, 5.41) is 0. The van der Waals surface area contributed by atoms with E-state index in [4.69, 9.17) is 5.73 Å². The fraction of sp³-hybridized carbons (Fsp3) is 0.545. The molecule has 0 amide bonds. The van der Waals surface area contributed by atoms with Gasteiger partial charge in [-0.1, -0.05) is 37.6 Å². The van der Waals surface area contributed by atoms with Gasteiger partial charge in [0.15, 0.2) is 0 Å². The Morgan fingerprint density at radius 3 is 2.69 bits per heavy atom. The molecule has 72 valence electrons. The summed E-state index contributed by atoms with van der Waals surface area (Å²) in [4.78, 5) is 11.0. The summed E-state index contributed by atoms with van der Waals surface area (Å²) in [5.74, 6) is 0. The van der Waals surface area contributed by atoms with E-state index < -0.39 is 5.41 Å². The molecule has 1 aliphatic carbocycles. The first-order chi connectivity index (χ1) is 6.18. The fourth-order valence-corrected chi connectivity index (χ4v) is 1.61. The van der Waals surface area contributed by atoms with Crippen LogP contribution in [0.3, 0.4) is 0 Å². The highest BCUT2D eigenvalue weighted by Gasteiger charge is 2.32. The van der Waals surface area contributed by atoms with Crippen molar-refractivity contribution in [2.24, 2.45) is 11.1 Å². The Bertz CT molecular complexity index is 255. The van der Waals surface area contributed by atoms with Crippen molar-refractivity contribution in [1.82, 2.24) is 0 Å². The number of aldehydes is 1. The van der Waals surface area contributed by atoms with Crippen LogP contribution in [0.25, 0.3) is 0 Å². The summed E-state index contributed by atoms with van der Waals surface area (Å²) >= 11 is 0. The molecule has 0 aromatic carbocycles. The van der Waals surface area contributed by atoms with Gasteiger partial charge in [-0.05, 0) is 12.8 Å². The van der Waals surface area contributed by atoms with Crippen molar-refractivity contribution in [2.75, 3.05) is 0 Å². The molecule has 1 aliphatic rings. The molecule has 2 nitrogen and oxygen atoms in total. The van der Waals surface area contributed by atoms with Crippen molar-refractivity contribution in [2.45, 2.75) is 32.7 Å². The van der Waals surface area contributed by atoms with E-state index in [0.717, 1.165) is 19.1 Å². The molecule has 0 heterocycles. The number of rotatable bonds is 3. The van der Waals surface area contributed by atoms with Crippen LogP contribution in [0.1, 0.15) is 26.7 Å². The summed E-state index contributed by atoms with van der Waals surface area (Å²) in [7, 11) is 0. The molecular formula is C11H17NO. The minimum Gasteiger partial charge on any atom is -0.323 e. The van der Waals surface area contributed by atoms with Crippen LogP contribution in [-0.4, -0.2) is 12.3 Å². The molecule has 0 aromatic heterocycles. The maximum Gasteiger partial charge on any atom is 0.131 e. The molecule has 0 spiro atoms. The van der Waals surface area contributed by atoms with Crippen molar-refractivity contribution in [1.29, 1.82) is 0 Å². The van der Waals surface area contributed by atoms with Crippen molar-refractivity contribution < 1.29 is 4.79 Å². The zero-order chi connectivity index (χ0) is 9.90. The second kappa shape index (κ2) is 3.88. The largest absolute Gasteiger partial charge is 0.323 e. The second-order valence-corrected chi connectivity index (χ2v) is 3.54. The second-order valence-electron chi connectivity index (χ2n) is 3.54. The molecule has 0 aromatic rings. The Hall–Kier alpha value is -0.890. The first-order valence-electron chi connectivity index (χ1n) is 4.80. The van der Waals surface area contributed by atoms with E-state index in [1.807, 2.05) is 25.2 Å². The Kier molecular flexibility index (Phi) is 3.04. The van der Waals surface area contributed by atoms with E-state index in [1.165, 1.54) is 5.57 Å². The quantitative estimate of drug-likeness (QED) is 0.671. The van der Waals surface area contributed by atoms with Crippen molar-refractivity contribution >= 4 is 6.29 Å². The van der Waals surface area contributed by atoms with Gasteiger partial charge in [0, 0.05) is 6.04 Å². The van der Waals surface area contributed by atoms with Gasteiger partial charge < -0.3 is 10.5 Å². The molecule has 2 N–H and O–H groups in total. The van der Waals surface area contributed by atoms with Crippen molar-refractivity contribution in [3.05, 3.63) is 23.8 Å². The first-order valence-corrected chi connectivity index (χ1v) is 4.80. The minimum absolute atomic E-state index is 0.157. The molecule has 0 saturated carbocycles. The molecule has 0 fully saturated rings. The molecule has 1 rings (SSSR count). The molecule has 0 aliphatic heterocycles. The highest BCUT2D eigenvalue weighted by atomic mass is 16.1. The van der Waals surface area contributed by atoms with Crippen LogP contribution in [0, 0.1) is 5.41 Å². The van der Waals surface area contributed by atoms with E-state index in [1.54, 1.807) is 0 Å². The van der Waals surface area contributed by atoms with Gasteiger partial charge in [-0.15, -0.1) is 0 Å². The van der Waals surface area contributed by atoms with Crippen LogP contribution in [0.5, 0.6) is 0 Å². The van der Waals surface area contributed by atoms with Gasteiger partial charge in [0.25, 0.3) is 0 Å². The molecular weight excluding hydrogens is 162 g/mol. The van der Waals surface area contributed by atoms with Crippen LogP contribution in [-0.2, 0) is 4.79 Å². The molecule has 2 atom stereocenters. The predicted octanol–water partition coefficient (Wildman–Crippen LogP) is 1.82. The Balaban J connectivity index is 2.92. The maximum atomic E-state index is 11.0. The summed E-state index contributed by atoms with van der Waals surface area (Å²) in [6.07, 6.45) is 8.67. The van der Waals surface area contributed by atoms with Gasteiger partial charge in [0.1, 0.15) is 6.29 Å². The average Bonchev–Trinajstić information content (AvgIpc) is 2.18. The van der Waals surface area contributed by atoms with Crippen molar-refractivity contribution in [3.8, 4) is 0 Å². The van der Waals surface area contributed by atoms with E-state index in [-0.39, 0.29) is 6.04 Å². The summed E-state index contributed by atoms with van der Waals surface area (Å²) < 4.78 is 0. The Labute approximate surface area is 79.5 Å². The predicted molar refractivity (Wildman–Crippen MR) is 54.3 cm³/mol. The summed E-state index contributed by atoms with van der Waals surface area (Å²) in [6.45, 7) is 4.08. The third-order valence-corrected chi connectivity index (χ3v) is 2.86. The van der Waals surface area contributed by atoms with Gasteiger partial charge in [-0.2, -0.15) is 0 Å². The average molecular weight is 179 g/mol. The van der Waals surface area contributed by atoms with Crippen LogP contribution in [0.15, 0.2) is 23.8 Å². The Morgan fingerprint density at radius 1 is 1.62 bits per heavy atom. The van der Waals surface area contributed by atoms with Crippen LogP contribution in [0.2, 0.25) is 0 Å². The lowest BCUT2D eigenvalue weighted by atomic mass is 9.75. The smallest absolute Gasteiger partial charge is 0.131 e. The Morgan fingerprint density at radius 2 is 2.31 bits per heavy atom. The van der Waals surface area contributed by atoms with E-state index >= 15 is 0 Å². The van der Waals surface area contributed by atoms with Gasteiger partial charge in [0.05, 0.1) is 5.41 Å². The number of allylic oxidation sites excluding steroid dienone is 2. The zero-order valence-corrected chi connectivity index (χ0v) is 8.29. The van der Waals surface area contributed by atoms with Crippen LogP contribution >= 0.6 is 0 Å². The molecule has 0 bridgehead atoms. The highest BCUT2D eigenvalue weighted by Crippen LogP contribution is 2.30. The minimum atomic E-state index is -0.460. The standard InChI is InChI=1S/C11H17NO/c1-3-9-5-6-11(4-2,8-13)10(12)7-9/h5-8,10H,3-4,12H2,1-2H3/t10-,11-/m1/s1. The fourth-order valence-electron chi connectivity index (χ4n) is 1.61. The summed E-state index contributed by atoms with van der Waals surface area (Å²) in [6, 6.07) is -0.157. The molecule has 2 heteroatoms. The maximum absolute atomic E-state index is 11.0. The number of hydrogen-bond donors (Lipinski definition) is 1. The first kappa shape index (κ1) is 10.2. The number of nitrogens with two attached hydrogens (primary N) is 1. The number of carbonyl (C=O) groups excluding carboxylic acids is 1. The van der Waals surface area contributed by atoms with Gasteiger partial charge >= 0.3 is 0 Å². The highest BCUT2D eigenvalue weighted by molar-refractivity contribution is 5.66. The lowest BCUT2D eigenvalue weighted by molar-refractivity contribution is -0.114. The van der Waals surface area contributed by atoms with Crippen LogP contribution < -0.4 is 5.73 Å². The zero-order valence-electron chi connectivity index (χ0n) is 8.29. The molecule has 13 heavy (non-hydrogen) atoms. The van der Waals surface area contributed by atoms with Gasteiger partial charge in [0.2, 0.25) is 0 Å². The molecule has 0 radical (unpaired) electrons. The number of carbonyl (C=O) groups is 1. The van der Waals surface area contributed by atoms with E-state index in [9.17, 15) is 4.79 Å². The topological polar surface area (TPSA) is 43.1 Å². The third-order valence-electron chi connectivity index (χ3n) is 2.86. The summed E-state index contributed by atoms with van der Waals surface area (Å²) in [5.41, 5.74) is 6.70. The monoisotopic (exact) mass is 179 g/mol. The lowest BCUT2D eigenvalue weighted by Crippen LogP contribution is -2.41. The van der Waals surface area contributed by atoms with Gasteiger partial charge in [-0.25, -0.2) is 0 Å². The van der Waals surface area contributed by atoms with Crippen molar-refractivity contribution in [3.63, 3.8) is 0 Å².